The van der Waals surface area contributed by atoms with Gasteiger partial charge >= 0.3 is 6.18 Å². The Hall–Kier alpha value is -4.65. The molecular formula is C23H13F3N4O3. The normalized spacial score (nSPS) is 11.9. The summed E-state index contributed by atoms with van der Waals surface area (Å²) in [4.78, 5) is 17.4. The van der Waals surface area contributed by atoms with Crippen LogP contribution in [0, 0.1) is 21.4 Å². The van der Waals surface area contributed by atoms with Crippen molar-refractivity contribution >= 4 is 28.4 Å². The van der Waals surface area contributed by atoms with Gasteiger partial charge in [-0.05, 0) is 42.0 Å². The Bertz CT molecular complexity index is 1380. The number of ether oxygens (including phenoxy) is 1. The number of imidazole rings is 1. The number of nitro groups is 1. The van der Waals surface area contributed by atoms with Crippen molar-refractivity contribution in [1.82, 2.24) is 9.97 Å². The van der Waals surface area contributed by atoms with E-state index in [1.54, 1.807) is 18.2 Å². The lowest BCUT2D eigenvalue weighted by Crippen LogP contribution is -2.08. The van der Waals surface area contributed by atoms with Crippen LogP contribution in [-0.4, -0.2) is 14.9 Å². The summed E-state index contributed by atoms with van der Waals surface area (Å²) in [5.41, 5.74) is 0.415. The molecule has 0 spiro atoms. The number of hydrogen-bond acceptors (Lipinski definition) is 5. The summed E-state index contributed by atoms with van der Waals surface area (Å²) in [7, 11) is 0. The predicted molar refractivity (Wildman–Crippen MR) is 114 cm³/mol. The van der Waals surface area contributed by atoms with Gasteiger partial charge in [-0.3, -0.25) is 10.1 Å². The van der Waals surface area contributed by atoms with Crippen molar-refractivity contribution in [3.63, 3.8) is 0 Å². The molecule has 164 valence electrons. The molecule has 3 aromatic carbocycles. The van der Waals surface area contributed by atoms with Crippen LogP contribution in [0.25, 0.3) is 22.7 Å². The largest absolute Gasteiger partial charge is 0.457 e. The lowest BCUT2D eigenvalue weighted by molar-refractivity contribution is -0.385. The van der Waals surface area contributed by atoms with Crippen molar-refractivity contribution in [2.45, 2.75) is 6.18 Å². The van der Waals surface area contributed by atoms with Crippen LogP contribution < -0.4 is 4.74 Å². The molecule has 7 nitrogen and oxygen atoms in total. The van der Waals surface area contributed by atoms with Crippen molar-refractivity contribution in [2.24, 2.45) is 0 Å². The van der Waals surface area contributed by atoms with E-state index in [2.05, 4.69) is 16.0 Å². The summed E-state index contributed by atoms with van der Waals surface area (Å²) in [6, 6.07) is 17.7. The second-order valence-electron chi connectivity index (χ2n) is 6.88. The standard InChI is InChI=1S/C23H13F3N4O3/c24-23(25,26)18-12-16(30(31)32)7-10-21(18)33-17-8-5-14(6-9-17)11-15(13-27)22-28-19-3-1-2-4-20(19)29-22/h1-12H,(H,28,29)/b15-11+. The first-order valence-corrected chi connectivity index (χ1v) is 9.45. The molecule has 4 rings (SSSR count). The van der Waals surface area contributed by atoms with Gasteiger partial charge in [0, 0.05) is 12.1 Å². The van der Waals surface area contributed by atoms with E-state index in [1.165, 1.54) is 12.1 Å². The van der Waals surface area contributed by atoms with Crippen molar-refractivity contribution in [2.75, 3.05) is 0 Å². The van der Waals surface area contributed by atoms with Gasteiger partial charge in [0.15, 0.2) is 0 Å². The molecule has 0 aliphatic heterocycles. The van der Waals surface area contributed by atoms with Gasteiger partial charge in [0.1, 0.15) is 29.0 Å². The highest BCUT2D eigenvalue weighted by Gasteiger charge is 2.36. The molecule has 4 aromatic rings. The van der Waals surface area contributed by atoms with E-state index in [1.807, 2.05) is 24.3 Å². The van der Waals surface area contributed by atoms with E-state index in [9.17, 15) is 28.5 Å². The van der Waals surface area contributed by atoms with Gasteiger partial charge in [-0.15, -0.1) is 0 Å². The molecule has 0 atom stereocenters. The topological polar surface area (TPSA) is 105 Å². The summed E-state index contributed by atoms with van der Waals surface area (Å²) in [6.45, 7) is 0. The molecule has 0 saturated heterocycles. The predicted octanol–water partition coefficient (Wildman–Crippen LogP) is 6.35. The number of para-hydroxylation sites is 2. The van der Waals surface area contributed by atoms with E-state index in [4.69, 9.17) is 4.74 Å². The minimum Gasteiger partial charge on any atom is -0.457 e. The molecule has 0 fully saturated rings. The van der Waals surface area contributed by atoms with Crippen LogP contribution in [-0.2, 0) is 6.18 Å². The maximum atomic E-state index is 13.3. The summed E-state index contributed by atoms with van der Waals surface area (Å²) >= 11 is 0. The molecule has 0 aliphatic carbocycles. The molecular weight excluding hydrogens is 437 g/mol. The van der Waals surface area contributed by atoms with Gasteiger partial charge in [0.05, 0.1) is 21.5 Å². The van der Waals surface area contributed by atoms with Crippen LogP contribution in [0.4, 0.5) is 18.9 Å². The molecule has 1 N–H and O–H groups in total. The molecule has 0 aliphatic rings. The zero-order valence-electron chi connectivity index (χ0n) is 16.6. The van der Waals surface area contributed by atoms with Gasteiger partial charge in [0.25, 0.3) is 5.69 Å². The molecule has 1 heterocycles. The van der Waals surface area contributed by atoms with Gasteiger partial charge in [-0.25, -0.2) is 4.98 Å². The third kappa shape index (κ3) is 4.67. The Morgan fingerprint density at radius 1 is 1.12 bits per heavy atom. The fourth-order valence-electron chi connectivity index (χ4n) is 3.10. The summed E-state index contributed by atoms with van der Waals surface area (Å²) in [6.07, 6.45) is -3.26. The lowest BCUT2D eigenvalue weighted by Gasteiger charge is -2.13. The summed E-state index contributed by atoms with van der Waals surface area (Å²) < 4.78 is 45.3. The number of nitrogens with one attached hydrogen (secondary N) is 1. The van der Waals surface area contributed by atoms with Gasteiger partial charge < -0.3 is 9.72 Å². The second kappa shape index (κ2) is 8.47. The third-order valence-electron chi connectivity index (χ3n) is 4.66. The van der Waals surface area contributed by atoms with Crippen LogP contribution in [0.5, 0.6) is 11.5 Å². The summed E-state index contributed by atoms with van der Waals surface area (Å²) in [5.74, 6) is -0.0788. The minimum absolute atomic E-state index is 0.0914. The smallest absolute Gasteiger partial charge is 0.420 e. The van der Waals surface area contributed by atoms with Crippen LogP contribution >= 0.6 is 0 Å². The Morgan fingerprint density at radius 3 is 2.48 bits per heavy atom. The van der Waals surface area contributed by atoms with Crippen molar-refractivity contribution in [3.05, 3.63) is 93.8 Å². The minimum atomic E-state index is -4.84. The number of halogens is 3. The number of non-ortho nitro benzene ring substituents is 1. The number of nitrogens with zero attached hydrogens (tertiary/aromatic N) is 3. The Morgan fingerprint density at radius 2 is 1.85 bits per heavy atom. The van der Waals surface area contributed by atoms with Crippen molar-refractivity contribution < 1.29 is 22.8 Å². The molecule has 0 radical (unpaired) electrons. The fourth-order valence-corrected chi connectivity index (χ4v) is 3.10. The SMILES string of the molecule is N#C/C(=C\c1ccc(Oc2ccc([N+](=O)[O-])cc2C(F)(F)F)cc1)c1nc2ccccc2[nH]1. The average molecular weight is 450 g/mol. The second-order valence-corrected chi connectivity index (χ2v) is 6.88. The molecule has 0 saturated carbocycles. The Kier molecular flexibility index (Phi) is 5.54. The van der Waals surface area contributed by atoms with E-state index in [-0.39, 0.29) is 11.3 Å². The first kappa shape index (κ1) is 21.6. The maximum Gasteiger partial charge on any atom is 0.420 e. The Balaban J connectivity index is 1.60. The van der Waals surface area contributed by atoms with E-state index < -0.39 is 28.1 Å². The van der Waals surface area contributed by atoms with Crippen molar-refractivity contribution in [1.29, 1.82) is 5.26 Å². The molecule has 0 amide bonds. The number of nitro benzene ring substituents is 1. The number of allylic oxidation sites excluding steroid dienone is 1. The zero-order chi connectivity index (χ0) is 23.6. The highest BCUT2D eigenvalue weighted by molar-refractivity contribution is 5.90. The lowest BCUT2D eigenvalue weighted by atomic mass is 10.1. The number of nitriles is 1. The number of benzene rings is 3. The Labute approximate surface area is 184 Å². The fraction of sp³-hybridized carbons (Fsp3) is 0.0435. The molecule has 0 bridgehead atoms. The molecule has 33 heavy (non-hydrogen) atoms. The highest BCUT2D eigenvalue weighted by Crippen LogP contribution is 2.40. The monoisotopic (exact) mass is 450 g/mol. The third-order valence-corrected chi connectivity index (χ3v) is 4.66. The maximum absolute atomic E-state index is 13.3. The number of fused-ring (bicyclic) bond motifs is 1. The van der Waals surface area contributed by atoms with Crippen molar-refractivity contribution in [3.8, 4) is 17.6 Å². The molecule has 10 heteroatoms. The number of hydrogen-bond donors (Lipinski definition) is 1. The van der Waals surface area contributed by atoms with Crippen LogP contribution in [0.2, 0.25) is 0 Å². The highest BCUT2D eigenvalue weighted by atomic mass is 19.4. The number of alkyl halides is 3. The van der Waals surface area contributed by atoms with Crippen LogP contribution in [0.1, 0.15) is 17.0 Å². The van der Waals surface area contributed by atoms with Gasteiger partial charge in [-0.1, -0.05) is 24.3 Å². The van der Waals surface area contributed by atoms with Crippen LogP contribution in [0.15, 0.2) is 66.7 Å². The number of rotatable bonds is 5. The average Bonchev–Trinajstić information content (AvgIpc) is 3.22. The van der Waals surface area contributed by atoms with Crippen LogP contribution in [0.3, 0.4) is 0 Å². The number of aromatic nitrogens is 2. The number of H-pyrrole nitrogens is 1. The quantitative estimate of drug-likeness (QED) is 0.217. The van der Waals surface area contributed by atoms with Gasteiger partial charge in [0.2, 0.25) is 0 Å². The first-order chi connectivity index (χ1) is 15.7. The first-order valence-electron chi connectivity index (χ1n) is 9.45. The summed E-state index contributed by atoms with van der Waals surface area (Å²) in [5, 5.41) is 20.3. The van der Waals surface area contributed by atoms with E-state index in [0.717, 1.165) is 17.6 Å². The van der Waals surface area contributed by atoms with E-state index >= 15 is 0 Å². The van der Waals surface area contributed by atoms with E-state index in [0.29, 0.717) is 23.0 Å². The zero-order valence-corrected chi connectivity index (χ0v) is 16.6. The molecule has 1 aromatic heterocycles. The number of aromatic amines is 1. The molecule has 0 unspecified atom stereocenters. The van der Waals surface area contributed by atoms with Gasteiger partial charge in [-0.2, -0.15) is 18.4 Å².